The van der Waals surface area contributed by atoms with Crippen LogP contribution < -0.4 is 0 Å². The van der Waals surface area contributed by atoms with Crippen molar-refractivity contribution in [2.24, 2.45) is 0 Å². The maximum Gasteiger partial charge on any atom is 0.288 e. The SMILES string of the molecule is CC1CS(=O)(=O)CCN1Cc1ccc(Cl)c([N+](=O)[O-])c1. The third-order valence-electron chi connectivity index (χ3n) is 3.40. The van der Waals surface area contributed by atoms with Crippen LogP contribution in [0.5, 0.6) is 0 Å². The zero-order valence-electron chi connectivity index (χ0n) is 11.0. The van der Waals surface area contributed by atoms with E-state index in [4.69, 9.17) is 11.6 Å². The number of nitro groups is 1. The Bertz CT molecular complexity index is 632. The van der Waals surface area contributed by atoms with Crippen LogP contribution in [0.2, 0.25) is 5.02 Å². The average Bonchev–Trinajstić information content (AvgIpc) is 2.34. The van der Waals surface area contributed by atoms with Crippen molar-refractivity contribution < 1.29 is 13.3 Å². The molecular weight excluding hydrogens is 304 g/mol. The molecule has 20 heavy (non-hydrogen) atoms. The van der Waals surface area contributed by atoms with Crippen molar-refractivity contribution in [1.29, 1.82) is 0 Å². The summed E-state index contributed by atoms with van der Waals surface area (Å²) in [6, 6.07) is 4.58. The maximum atomic E-state index is 11.5. The fraction of sp³-hybridized carbons (Fsp3) is 0.500. The van der Waals surface area contributed by atoms with Gasteiger partial charge in [0.2, 0.25) is 0 Å². The van der Waals surface area contributed by atoms with Crippen LogP contribution in [0.1, 0.15) is 12.5 Å². The molecule has 1 aromatic rings. The van der Waals surface area contributed by atoms with E-state index in [1.807, 2.05) is 11.8 Å². The van der Waals surface area contributed by atoms with Crippen LogP contribution in [-0.4, -0.2) is 42.3 Å². The van der Waals surface area contributed by atoms with E-state index in [0.717, 1.165) is 5.56 Å². The number of hydrogen-bond donors (Lipinski definition) is 0. The van der Waals surface area contributed by atoms with Gasteiger partial charge in [0.1, 0.15) is 5.02 Å². The van der Waals surface area contributed by atoms with Crippen LogP contribution in [0.3, 0.4) is 0 Å². The van der Waals surface area contributed by atoms with E-state index in [-0.39, 0.29) is 28.3 Å². The van der Waals surface area contributed by atoms with Gasteiger partial charge in [0.25, 0.3) is 5.69 Å². The summed E-state index contributed by atoms with van der Waals surface area (Å²) in [6.45, 7) is 2.77. The normalized spacial score (nSPS) is 22.6. The molecule has 8 heteroatoms. The van der Waals surface area contributed by atoms with Gasteiger partial charge in [-0.1, -0.05) is 17.7 Å². The lowest BCUT2D eigenvalue weighted by atomic mass is 10.1. The van der Waals surface area contributed by atoms with E-state index in [1.54, 1.807) is 6.07 Å². The van der Waals surface area contributed by atoms with Gasteiger partial charge < -0.3 is 0 Å². The predicted octanol–water partition coefficient (Wildman–Crippen LogP) is 1.87. The fourth-order valence-corrected chi connectivity index (χ4v) is 4.11. The van der Waals surface area contributed by atoms with Gasteiger partial charge >= 0.3 is 0 Å². The Labute approximate surface area is 122 Å². The molecule has 0 aromatic heterocycles. The third kappa shape index (κ3) is 3.47. The molecule has 1 aromatic carbocycles. The standard InChI is InChI=1S/C12H15ClN2O4S/c1-9-8-20(18,19)5-4-14(9)7-10-2-3-11(13)12(6-10)15(16)17/h2-3,6,9H,4-5,7-8H2,1H3. The second-order valence-corrected chi connectivity index (χ2v) is 7.61. The van der Waals surface area contributed by atoms with Gasteiger partial charge in [-0.3, -0.25) is 15.0 Å². The van der Waals surface area contributed by atoms with Gasteiger partial charge in [0.15, 0.2) is 9.84 Å². The molecule has 0 amide bonds. The summed E-state index contributed by atoms with van der Waals surface area (Å²) in [6.07, 6.45) is 0. The minimum Gasteiger partial charge on any atom is -0.294 e. The van der Waals surface area contributed by atoms with Crippen LogP contribution in [-0.2, 0) is 16.4 Å². The van der Waals surface area contributed by atoms with Gasteiger partial charge in [-0.25, -0.2) is 8.42 Å². The molecule has 110 valence electrons. The van der Waals surface area contributed by atoms with Crippen LogP contribution in [0.25, 0.3) is 0 Å². The molecular formula is C12H15ClN2O4S. The Morgan fingerprint density at radius 1 is 1.50 bits per heavy atom. The quantitative estimate of drug-likeness (QED) is 0.627. The molecule has 1 fully saturated rings. The molecule has 0 N–H and O–H groups in total. The molecule has 1 heterocycles. The Morgan fingerprint density at radius 3 is 2.80 bits per heavy atom. The molecule has 0 aliphatic carbocycles. The minimum atomic E-state index is -2.96. The summed E-state index contributed by atoms with van der Waals surface area (Å²) in [4.78, 5) is 12.3. The Morgan fingerprint density at radius 2 is 2.20 bits per heavy atom. The minimum absolute atomic E-state index is 0.0940. The number of nitro benzene ring substituents is 1. The number of nitrogens with zero attached hydrogens (tertiary/aromatic N) is 2. The van der Waals surface area contributed by atoms with Crippen molar-refractivity contribution in [3.05, 3.63) is 38.9 Å². The fourth-order valence-electron chi connectivity index (χ4n) is 2.30. The van der Waals surface area contributed by atoms with Crippen LogP contribution >= 0.6 is 11.6 Å². The van der Waals surface area contributed by atoms with Crippen molar-refractivity contribution in [3.8, 4) is 0 Å². The van der Waals surface area contributed by atoms with E-state index in [9.17, 15) is 18.5 Å². The first kappa shape index (κ1) is 15.2. The molecule has 1 aliphatic rings. The van der Waals surface area contributed by atoms with Gasteiger partial charge in [-0.15, -0.1) is 0 Å². The molecule has 0 spiro atoms. The molecule has 0 saturated carbocycles. The van der Waals surface area contributed by atoms with Crippen molar-refractivity contribution in [2.45, 2.75) is 19.5 Å². The summed E-state index contributed by atoms with van der Waals surface area (Å²) in [5.74, 6) is 0.260. The summed E-state index contributed by atoms with van der Waals surface area (Å²) < 4.78 is 23.0. The Balaban J connectivity index is 2.15. The highest BCUT2D eigenvalue weighted by molar-refractivity contribution is 7.91. The number of benzene rings is 1. The molecule has 1 unspecified atom stereocenters. The van der Waals surface area contributed by atoms with E-state index in [0.29, 0.717) is 13.1 Å². The third-order valence-corrected chi connectivity index (χ3v) is 5.52. The predicted molar refractivity (Wildman–Crippen MR) is 76.6 cm³/mol. The van der Waals surface area contributed by atoms with E-state index in [1.165, 1.54) is 12.1 Å². The van der Waals surface area contributed by atoms with Gasteiger partial charge in [0, 0.05) is 25.2 Å². The topological polar surface area (TPSA) is 80.5 Å². The first-order valence-electron chi connectivity index (χ1n) is 6.16. The summed E-state index contributed by atoms with van der Waals surface area (Å²) in [7, 11) is -2.96. The zero-order valence-corrected chi connectivity index (χ0v) is 12.5. The summed E-state index contributed by atoms with van der Waals surface area (Å²) >= 11 is 5.77. The first-order valence-corrected chi connectivity index (χ1v) is 8.36. The molecule has 0 radical (unpaired) electrons. The second-order valence-electron chi connectivity index (χ2n) is 4.98. The number of halogens is 1. The van der Waals surface area contributed by atoms with E-state index < -0.39 is 14.8 Å². The largest absolute Gasteiger partial charge is 0.294 e. The van der Waals surface area contributed by atoms with Gasteiger partial charge in [0.05, 0.1) is 16.4 Å². The molecule has 2 rings (SSSR count). The molecule has 1 saturated heterocycles. The zero-order chi connectivity index (χ0) is 14.9. The summed E-state index contributed by atoms with van der Waals surface area (Å²) in [5, 5.41) is 10.9. The molecule has 1 aliphatic heterocycles. The van der Waals surface area contributed by atoms with Crippen molar-refractivity contribution >= 4 is 27.1 Å². The van der Waals surface area contributed by atoms with E-state index in [2.05, 4.69) is 0 Å². The first-order chi connectivity index (χ1) is 9.28. The smallest absolute Gasteiger partial charge is 0.288 e. The monoisotopic (exact) mass is 318 g/mol. The van der Waals surface area contributed by atoms with Gasteiger partial charge in [-0.2, -0.15) is 0 Å². The van der Waals surface area contributed by atoms with Crippen molar-refractivity contribution in [3.63, 3.8) is 0 Å². The number of rotatable bonds is 3. The molecule has 0 bridgehead atoms. The maximum absolute atomic E-state index is 11.5. The Kier molecular flexibility index (Phi) is 4.31. The van der Waals surface area contributed by atoms with Crippen LogP contribution in [0.4, 0.5) is 5.69 Å². The highest BCUT2D eigenvalue weighted by Gasteiger charge is 2.28. The highest BCUT2D eigenvalue weighted by Crippen LogP contribution is 2.26. The van der Waals surface area contributed by atoms with Gasteiger partial charge in [-0.05, 0) is 18.6 Å². The van der Waals surface area contributed by atoms with E-state index >= 15 is 0 Å². The highest BCUT2D eigenvalue weighted by atomic mass is 35.5. The number of sulfone groups is 1. The van der Waals surface area contributed by atoms with Crippen LogP contribution in [0, 0.1) is 10.1 Å². The second kappa shape index (κ2) is 5.67. The Hall–Kier alpha value is -1.18. The van der Waals surface area contributed by atoms with Crippen molar-refractivity contribution in [2.75, 3.05) is 18.1 Å². The lowest BCUT2D eigenvalue weighted by Crippen LogP contribution is -2.46. The lowest BCUT2D eigenvalue weighted by Gasteiger charge is -2.33. The molecule has 6 nitrogen and oxygen atoms in total. The number of hydrogen-bond acceptors (Lipinski definition) is 5. The average molecular weight is 319 g/mol. The summed E-state index contributed by atoms with van der Waals surface area (Å²) in [5.41, 5.74) is 0.633. The van der Waals surface area contributed by atoms with Crippen LogP contribution in [0.15, 0.2) is 18.2 Å². The van der Waals surface area contributed by atoms with Crippen molar-refractivity contribution in [1.82, 2.24) is 4.90 Å². The lowest BCUT2D eigenvalue weighted by molar-refractivity contribution is -0.384. The molecule has 1 atom stereocenters.